The molecule has 0 aliphatic heterocycles. The monoisotopic (exact) mass is 942 g/mol. The summed E-state index contributed by atoms with van der Waals surface area (Å²) in [6.45, 7) is 0. The summed E-state index contributed by atoms with van der Waals surface area (Å²) in [6, 6.07) is 102. The van der Waals surface area contributed by atoms with E-state index in [9.17, 15) is 0 Å². The zero-order valence-corrected chi connectivity index (χ0v) is 40.3. The molecule has 0 spiro atoms. The lowest BCUT2D eigenvalue weighted by Crippen LogP contribution is -2.10. The number of rotatable bonds is 10. The second kappa shape index (κ2) is 16.9. The first-order valence-corrected chi connectivity index (χ1v) is 25.4. The molecule has 0 saturated heterocycles. The summed E-state index contributed by atoms with van der Waals surface area (Å²) in [5.41, 5.74) is 18.4. The van der Waals surface area contributed by atoms with E-state index in [0.29, 0.717) is 0 Å². The number of para-hydroxylation sites is 4. The van der Waals surface area contributed by atoms with Crippen LogP contribution in [-0.4, -0.2) is 9.13 Å². The van der Waals surface area contributed by atoms with Crippen LogP contribution in [0.5, 0.6) is 0 Å². The largest absolute Gasteiger partial charge is 0.310 e. The minimum atomic E-state index is 1.09. The third-order valence-corrected chi connectivity index (χ3v) is 15.1. The molecule has 74 heavy (non-hydrogen) atoms. The Morgan fingerprint density at radius 2 is 0.554 bits per heavy atom. The third kappa shape index (κ3) is 6.62. The van der Waals surface area contributed by atoms with Gasteiger partial charge in [0.25, 0.3) is 0 Å². The van der Waals surface area contributed by atoms with Gasteiger partial charge in [-0.2, -0.15) is 0 Å². The Bertz CT molecular complexity index is 4210. The van der Waals surface area contributed by atoms with Crippen molar-refractivity contribution in [3.8, 4) is 33.6 Å². The number of benzene rings is 13. The van der Waals surface area contributed by atoms with Crippen molar-refractivity contribution in [2.45, 2.75) is 0 Å². The topological polar surface area (TPSA) is 16.3 Å². The zero-order chi connectivity index (χ0) is 48.7. The lowest BCUT2D eigenvalue weighted by atomic mass is 9.94. The van der Waals surface area contributed by atoms with E-state index >= 15 is 0 Å². The van der Waals surface area contributed by atoms with Crippen LogP contribution in [0, 0.1) is 0 Å². The summed E-state index contributed by atoms with van der Waals surface area (Å²) in [4.78, 5) is 4.78. The van der Waals surface area contributed by atoms with Gasteiger partial charge in [-0.25, -0.2) is 0 Å². The Balaban J connectivity index is 0.813. The van der Waals surface area contributed by atoms with Crippen molar-refractivity contribution in [3.63, 3.8) is 0 Å². The Morgan fingerprint density at radius 1 is 0.216 bits per heavy atom. The van der Waals surface area contributed by atoms with E-state index in [2.05, 4.69) is 298 Å². The first-order valence-electron chi connectivity index (χ1n) is 25.4. The lowest BCUT2D eigenvalue weighted by Gasteiger charge is -2.27. The quantitative estimate of drug-likeness (QED) is 0.127. The third-order valence-electron chi connectivity index (χ3n) is 15.1. The SMILES string of the molecule is c1ccc(N(c2ccc(-c3ccccc3-c3ccc(N(c4ccccc4)c4cc5ccc6cccc7c6c5c(c4)n7-c4ccccc4)cc3)cc2)c2cc3ccc4cccc5c4c3c(c2)n5-c2ccccc2)cc1. The summed E-state index contributed by atoms with van der Waals surface area (Å²) in [7, 11) is 0. The van der Waals surface area contributed by atoms with Crippen LogP contribution in [0.3, 0.4) is 0 Å². The Labute approximate surface area is 428 Å². The normalized spacial score (nSPS) is 11.8. The highest BCUT2D eigenvalue weighted by molar-refractivity contribution is 6.26. The van der Waals surface area contributed by atoms with Crippen molar-refractivity contribution in [2.24, 2.45) is 0 Å². The van der Waals surface area contributed by atoms with Crippen LogP contribution in [0.2, 0.25) is 0 Å². The number of hydrogen-bond acceptors (Lipinski definition) is 2. The van der Waals surface area contributed by atoms with Crippen LogP contribution in [0.25, 0.3) is 98.8 Å². The second-order valence-corrected chi connectivity index (χ2v) is 19.3. The van der Waals surface area contributed by atoms with Crippen LogP contribution >= 0.6 is 0 Å². The number of hydrogen-bond donors (Lipinski definition) is 0. The maximum Gasteiger partial charge on any atom is 0.0568 e. The first kappa shape index (κ1) is 41.8. The number of nitrogens with zero attached hydrogens (tertiary/aromatic N) is 4. The van der Waals surface area contributed by atoms with Crippen LogP contribution in [0.4, 0.5) is 34.1 Å². The molecule has 0 N–H and O–H groups in total. The maximum atomic E-state index is 2.43. The van der Waals surface area contributed by atoms with Gasteiger partial charge in [0, 0.05) is 67.0 Å². The second-order valence-electron chi connectivity index (χ2n) is 19.3. The van der Waals surface area contributed by atoms with Gasteiger partial charge < -0.3 is 18.9 Å². The smallest absolute Gasteiger partial charge is 0.0568 e. The van der Waals surface area contributed by atoms with E-state index in [4.69, 9.17) is 0 Å². The highest BCUT2D eigenvalue weighted by Crippen LogP contribution is 2.47. The van der Waals surface area contributed by atoms with Crippen LogP contribution in [0.15, 0.2) is 279 Å². The predicted octanol–water partition coefficient (Wildman–Crippen LogP) is 19.3. The zero-order valence-electron chi connectivity index (χ0n) is 40.3. The first-order chi connectivity index (χ1) is 36.7. The summed E-state index contributed by atoms with van der Waals surface area (Å²) < 4.78 is 4.85. The molecule has 15 aromatic rings. The minimum absolute atomic E-state index is 1.09. The van der Waals surface area contributed by atoms with E-state index in [-0.39, 0.29) is 0 Å². The van der Waals surface area contributed by atoms with Crippen molar-refractivity contribution in [1.82, 2.24) is 9.13 Å². The van der Waals surface area contributed by atoms with E-state index in [1.54, 1.807) is 0 Å². The number of aromatic nitrogens is 2. The van der Waals surface area contributed by atoms with E-state index < -0.39 is 0 Å². The molecule has 2 aromatic heterocycles. The fourth-order valence-electron chi connectivity index (χ4n) is 11.9. The van der Waals surface area contributed by atoms with Gasteiger partial charge in [-0.05, 0) is 153 Å². The van der Waals surface area contributed by atoms with Gasteiger partial charge in [0.1, 0.15) is 0 Å². The van der Waals surface area contributed by atoms with Gasteiger partial charge in [-0.3, -0.25) is 0 Å². The summed E-state index contributed by atoms with van der Waals surface area (Å²) in [6.07, 6.45) is 0. The van der Waals surface area contributed by atoms with Crippen molar-refractivity contribution in [2.75, 3.05) is 9.80 Å². The Morgan fingerprint density at radius 3 is 0.959 bits per heavy atom. The molecule has 0 fully saturated rings. The highest BCUT2D eigenvalue weighted by Gasteiger charge is 2.23. The van der Waals surface area contributed by atoms with Crippen molar-refractivity contribution >= 4 is 99.3 Å². The molecular weight excluding hydrogens is 897 g/mol. The summed E-state index contributed by atoms with van der Waals surface area (Å²) >= 11 is 0. The average Bonchev–Trinajstić information content (AvgIpc) is 4.03. The molecule has 0 saturated carbocycles. The van der Waals surface area contributed by atoms with Gasteiger partial charge in [-0.15, -0.1) is 0 Å². The fourth-order valence-corrected chi connectivity index (χ4v) is 11.9. The Kier molecular flexibility index (Phi) is 9.54. The van der Waals surface area contributed by atoms with Crippen LogP contribution in [-0.2, 0) is 0 Å². The van der Waals surface area contributed by atoms with Gasteiger partial charge in [0.05, 0.1) is 22.1 Å². The molecule has 15 rings (SSSR count). The van der Waals surface area contributed by atoms with Gasteiger partial charge >= 0.3 is 0 Å². The molecule has 4 heteroatoms. The van der Waals surface area contributed by atoms with Crippen molar-refractivity contribution in [3.05, 3.63) is 279 Å². The van der Waals surface area contributed by atoms with E-state index in [1.807, 2.05) is 0 Å². The van der Waals surface area contributed by atoms with Gasteiger partial charge in [0.15, 0.2) is 0 Å². The lowest BCUT2D eigenvalue weighted by molar-refractivity contribution is 1.18. The van der Waals surface area contributed by atoms with Gasteiger partial charge in [0.2, 0.25) is 0 Å². The standard InChI is InChI=1S/C70H46N4/c1-5-19-53(20-6-1)71(59-43-51-33-31-49-17-15-29-63-67(49)69(51)65(45-59)73(63)55-23-9-3-10-24-55)57-39-35-47(36-40-57)61-27-13-14-28-62(61)48-37-41-58(42-38-48)72(54-21-7-2-8-22-54)60-44-52-34-32-50-18-16-30-64-68(50)70(52)66(46-60)74(64)56-25-11-4-12-26-56/h1-46H. The molecule has 13 aromatic carbocycles. The molecule has 0 aliphatic carbocycles. The average molecular weight is 943 g/mol. The molecular formula is C70H46N4. The molecule has 0 unspecified atom stereocenters. The molecule has 0 amide bonds. The van der Waals surface area contributed by atoms with E-state index in [0.717, 1.165) is 56.6 Å². The van der Waals surface area contributed by atoms with Gasteiger partial charge in [-0.1, -0.05) is 170 Å². The van der Waals surface area contributed by atoms with Crippen molar-refractivity contribution < 1.29 is 0 Å². The number of anilines is 6. The highest BCUT2D eigenvalue weighted by atomic mass is 15.2. The predicted molar refractivity (Wildman–Crippen MR) is 313 cm³/mol. The molecule has 2 heterocycles. The van der Waals surface area contributed by atoms with Crippen molar-refractivity contribution in [1.29, 1.82) is 0 Å². The molecule has 0 bridgehead atoms. The van der Waals surface area contributed by atoms with Crippen LogP contribution < -0.4 is 9.80 Å². The summed E-state index contributed by atoms with van der Waals surface area (Å²) in [5.74, 6) is 0. The van der Waals surface area contributed by atoms with Crippen LogP contribution in [0.1, 0.15) is 0 Å². The molecule has 4 nitrogen and oxygen atoms in total. The molecule has 0 aliphatic rings. The molecule has 346 valence electrons. The molecule has 0 atom stereocenters. The fraction of sp³-hybridized carbons (Fsp3) is 0. The maximum absolute atomic E-state index is 2.43. The Hall–Kier alpha value is -9.90. The van der Waals surface area contributed by atoms with E-state index in [1.165, 1.54) is 76.3 Å². The molecule has 0 radical (unpaired) electrons. The summed E-state index contributed by atoms with van der Waals surface area (Å²) in [5, 5.41) is 10.1. The minimum Gasteiger partial charge on any atom is -0.310 e.